The van der Waals surface area contributed by atoms with Crippen molar-refractivity contribution in [1.82, 2.24) is 10.6 Å². The van der Waals surface area contributed by atoms with Gasteiger partial charge in [-0.15, -0.1) is 0 Å². The Hall–Kier alpha value is -2.66. The van der Waals surface area contributed by atoms with Gasteiger partial charge in [0.15, 0.2) is 0 Å². The Labute approximate surface area is 205 Å². The Bertz CT molecular complexity index is 849. The predicted octanol–water partition coefficient (Wildman–Crippen LogP) is 6.55. The largest absolute Gasteiger partial charge is 0.427 e. The molecule has 0 bridgehead atoms. The number of unbranched alkanes of at least 4 members (excludes halogenated alkanes) is 9. The maximum atomic E-state index is 12.5. The number of benzene rings is 2. The Morgan fingerprint density at radius 2 is 1.38 bits per heavy atom. The molecule has 0 radical (unpaired) electrons. The van der Waals surface area contributed by atoms with Crippen LogP contribution < -0.4 is 15.4 Å². The van der Waals surface area contributed by atoms with Gasteiger partial charge in [-0.2, -0.15) is 0 Å². The number of hydrogen-bond donors (Lipinski definition) is 2. The van der Waals surface area contributed by atoms with E-state index >= 15 is 0 Å². The van der Waals surface area contributed by atoms with Crippen LogP contribution in [-0.4, -0.2) is 18.4 Å². The monoisotopic (exact) mass is 466 g/mol. The van der Waals surface area contributed by atoms with Crippen LogP contribution in [-0.2, 0) is 17.9 Å². The zero-order chi connectivity index (χ0) is 24.4. The third-order valence-electron chi connectivity index (χ3n) is 5.85. The first-order valence-electron chi connectivity index (χ1n) is 12.9. The lowest BCUT2D eigenvalue weighted by molar-refractivity contribution is -0.131. The number of esters is 1. The zero-order valence-electron chi connectivity index (χ0n) is 21.0. The Morgan fingerprint density at radius 3 is 2.03 bits per heavy atom. The number of carbonyl (C=O) groups is 2. The Balaban J connectivity index is 1.60. The molecule has 5 heteroatoms. The second-order valence-corrected chi connectivity index (χ2v) is 8.98. The molecule has 2 N–H and O–H groups in total. The topological polar surface area (TPSA) is 67.4 Å². The number of ether oxygens (including phenoxy) is 1. The zero-order valence-corrected chi connectivity index (χ0v) is 21.0. The van der Waals surface area contributed by atoms with Gasteiger partial charge in [-0.1, -0.05) is 89.0 Å². The van der Waals surface area contributed by atoms with E-state index in [1.807, 2.05) is 36.4 Å². The highest BCUT2D eigenvalue weighted by atomic mass is 16.5. The first-order valence-corrected chi connectivity index (χ1v) is 12.9. The van der Waals surface area contributed by atoms with Crippen molar-refractivity contribution < 1.29 is 14.3 Å². The summed E-state index contributed by atoms with van der Waals surface area (Å²) in [6.45, 7) is 5.75. The second kappa shape index (κ2) is 16.9. The SMILES string of the molecule is CCCCCCCCCCCCNC(=O)c1cccc(CNCc2ccc(OC(C)=O)cc2)c1. The van der Waals surface area contributed by atoms with Crippen LogP contribution in [0.3, 0.4) is 0 Å². The summed E-state index contributed by atoms with van der Waals surface area (Å²) in [5, 5.41) is 6.45. The fraction of sp³-hybridized carbons (Fsp3) is 0.517. The summed E-state index contributed by atoms with van der Waals surface area (Å²) in [5.41, 5.74) is 2.88. The molecule has 0 aliphatic carbocycles. The summed E-state index contributed by atoms with van der Waals surface area (Å²) in [6.07, 6.45) is 12.9. The fourth-order valence-corrected chi connectivity index (χ4v) is 3.93. The number of rotatable bonds is 17. The van der Waals surface area contributed by atoms with Crippen LogP contribution in [0.2, 0.25) is 0 Å². The lowest BCUT2D eigenvalue weighted by Gasteiger charge is -2.09. The molecule has 0 spiro atoms. The first-order chi connectivity index (χ1) is 16.6. The van der Waals surface area contributed by atoms with E-state index in [0.717, 1.165) is 24.1 Å². The summed E-state index contributed by atoms with van der Waals surface area (Å²) in [6, 6.07) is 15.2. The lowest BCUT2D eigenvalue weighted by atomic mass is 10.1. The molecule has 2 aromatic rings. The molecule has 0 aliphatic rings. The maximum absolute atomic E-state index is 12.5. The average Bonchev–Trinajstić information content (AvgIpc) is 2.83. The van der Waals surface area contributed by atoms with Gasteiger partial charge < -0.3 is 15.4 Å². The van der Waals surface area contributed by atoms with E-state index in [-0.39, 0.29) is 11.9 Å². The van der Waals surface area contributed by atoms with E-state index in [9.17, 15) is 9.59 Å². The van der Waals surface area contributed by atoms with E-state index < -0.39 is 0 Å². The highest BCUT2D eigenvalue weighted by Crippen LogP contribution is 2.13. The van der Waals surface area contributed by atoms with Crippen LogP contribution in [0, 0.1) is 0 Å². The maximum Gasteiger partial charge on any atom is 0.308 e. The molecule has 2 rings (SSSR count). The van der Waals surface area contributed by atoms with Crippen LogP contribution in [0.1, 0.15) is 99.5 Å². The standard InChI is InChI=1S/C29H42N2O3/c1-3-4-5-6-7-8-9-10-11-12-20-31-29(33)27-15-13-14-26(21-27)23-30-22-25-16-18-28(19-17-25)34-24(2)32/h13-19,21,30H,3-12,20,22-23H2,1-2H3,(H,31,33). The third kappa shape index (κ3) is 12.0. The van der Waals surface area contributed by atoms with Crippen molar-refractivity contribution in [3.8, 4) is 5.75 Å². The van der Waals surface area contributed by atoms with Crippen LogP contribution in [0.25, 0.3) is 0 Å². The molecule has 34 heavy (non-hydrogen) atoms. The number of hydrogen-bond acceptors (Lipinski definition) is 4. The van der Waals surface area contributed by atoms with Gasteiger partial charge in [-0.05, 0) is 41.8 Å². The minimum absolute atomic E-state index is 0.00108. The molecular weight excluding hydrogens is 424 g/mol. The summed E-state index contributed by atoms with van der Waals surface area (Å²) in [4.78, 5) is 23.5. The minimum Gasteiger partial charge on any atom is -0.427 e. The number of carbonyl (C=O) groups excluding carboxylic acids is 2. The van der Waals surface area contributed by atoms with Crippen molar-refractivity contribution in [2.45, 2.75) is 91.1 Å². The van der Waals surface area contributed by atoms with Crippen LogP contribution in [0.15, 0.2) is 48.5 Å². The molecule has 5 nitrogen and oxygen atoms in total. The molecule has 1 amide bonds. The van der Waals surface area contributed by atoms with Crippen molar-refractivity contribution >= 4 is 11.9 Å². The Morgan fingerprint density at radius 1 is 0.765 bits per heavy atom. The van der Waals surface area contributed by atoms with E-state index in [4.69, 9.17) is 4.74 Å². The normalized spacial score (nSPS) is 10.8. The molecule has 0 unspecified atom stereocenters. The summed E-state index contributed by atoms with van der Waals surface area (Å²) >= 11 is 0. The van der Waals surface area contributed by atoms with Gasteiger partial charge in [0.2, 0.25) is 0 Å². The first kappa shape index (κ1) is 27.6. The van der Waals surface area contributed by atoms with Gasteiger partial charge in [-0.3, -0.25) is 9.59 Å². The number of nitrogens with one attached hydrogen (secondary N) is 2. The minimum atomic E-state index is -0.321. The highest BCUT2D eigenvalue weighted by Gasteiger charge is 2.06. The molecule has 0 aromatic heterocycles. The lowest BCUT2D eigenvalue weighted by Crippen LogP contribution is -2.24. The summed E-state index contributed by atoms with van der Waals surface area (Å²) in [5.74, 6) is 0.227. The smallest absolute Gasteiger partial charge is 0.308 e. The second-order valence-electron chi connectivity index (χ2n) is 8.98. The van der Waals surface area contributed by atoms with Gasteiger partial charge in [0.1, 0.15) is 5.75 Å². The Kier molecular flexibility index (Phi) is 13.7. The quantitative estimate of drug-likeness (QED) is 0.158. The van der Waals surface area contributed by atoms with Crippen molar-refractivity contribution in [2.24, 2.45) is 0 Å². The van der Waals surface area contributed by atoms with Gasteiger partial charge in [-0.25, -0.2) is 0 Å². The highest BCUT2D eigenvalue weighted by molar-refractivity contribution is 5.94. The number of amides is 1. The van der Waals surface area contributed by atoms with Gasteiger partial charge in [0.25, 0.3) is 5.91 Å². The van der Waals surface area contributed by atoms with E-state index in [1.54, 1.807) is 12.1 Å². The predicted molar refractivity (Wildman–Crippen MR) is 139 cm³/mol. The molecule has 2 aromatic carbocycles. The van der Waals surface area contributed by atoms with Crippen LogP contribution in [0.4, 0.5) is 0 Å². The van der Waals surface area contributed by atoms with Crippen LogP contribution >= 0.6 is 0 Å². The molecule has 0 heterocycles. The van der Waals surface area contributed by atoms with Gasteiger partial charge >= 0.3 is 5.97 Å². The fourth-order valence-electron chi connectivity index (χ4n) is 3.93. The van der Waals surface area contributed by atoms with Crippen molar-refractivity contribution in [3.63, 3.8) is 0 Å². The van der Waals surface area contributed by atoms with Crippen molar-refractivity contribution in [3.05, 3.63) is 65.2 Å². The van der Waals surface area contributed by atoms with Gasteiger partial charge in [0, 0.05) is 32.1 Å². The average molecular weight is 467 g/mol. The molecule has 0 fully saturated rings. The van der Waals surface area contributed by atoms with E-state index in [0.29, 0.717) is 24.4 Å². The van der Waals surface area contributed by atoms with Gasteiger partial charge in [0.05, 0.1) is 0 Å². The molecule has 0 aliphatic heterocycles. The molecule has 0 saturated heterocycles. The summed E-state index contributed by atoms with van der Waals surface area (Å²) in [7, 11) is 0. The third-order valence-corrected chi connectivity index (χ3v) is 5.85. The van der Waals surface area contributed by atoms with Crippen molar-refractivity contribution in [1.29, 1.82) is 0 Å². The molecular formula is C29H42N2O3. The van der Waals surface area contributed by atoms with E-state index in [2.05, 4.69) is 17.6 Å². The molecule has 0 saturated carbocycles. The van der Waals surface area contributed by atoms with Crippen LogP contribution in [0.5, 0.6) is 5.75 Å². The van der Waals surface area contributed by atoms with E-state index in [1.165, 1.54) is 64.7 Å². The molecule has 186 valence electrons. The molecule has 0 atom stereocenters. The van der Waals surface area contributed by atoms with Crippen molar-refractivity contribution in [2.75, 3.05) is 6.54 Å². The summed E-state index contributed by atoms with van der Waals surface area (Å²) < 4.78 is 5.05.